The van der Waals surface area contributed by atoms with E-state index in [2.05, 4.69) is 29.4 Å². The smallest absolute Gasteiger partial charge is 0.253 e. The molecule has 2 aliphatic heterocycles. The Hall–Kier alpha value is -2.68. The number of sulfonamides is 1. The second-order valence-electron chi connectivity index (χ2n) is 9.46. The highest BCUT2D eigenvalue weighted by atomic mass is 32.2. The lowest BCUT2D eigenvalue weighted by atomic mass is 9.89. The normalized spacial score (nSPS) is 22.8. The Morgan fingerprint density at radius 3 is 2.29 bits per heavy atom. The summed E-state index contributed by atoms with van der Waals surface area (Å²) < 4.78 is 33.3. The minimum Gasteiger partial charge on any atom is -0.373 e. The van der Waals surface area contributed by atoms with E-state index in [0.29, 0.717) is 37.7 Å². The Kier molecular flexibility index (Phi) is 6.22. The molecule has 1 aromatic heterocycles. The molecule has 0 radical (unpaired) electrons. The molecule has 2 atom stereocenters. The lowest BCUT2D eigenvalue weighted by Gasteiger charge is -2.34. The van der Waals surface area contributed by atoms with Crippen molar-refractivity contribution in [3.63, 3.8) is 0 Å². The predicted molar refractivity (Wildman–Crippen MR) is 131 cm³/mol. The number of hydrogen-bond donors (Lipinski definition) is 1. The summed E-state index contributed by atoms with van der Waals surface area (Å²) in [7, 11) is -3.62. The van der Waals surface area contributed by atoms with E-state index in [-0.39, 0.29) is 23.0 Å². The van der Waals surface area contributed by atoms with Crippen molar-refractivity contribution in [3.05, 3.63) is 65.9 Å². The van der Waals surface area contributed by atoms with Crippen molar-refractivity contribution in [1.82, 2.24) is 14.2 Å². The van der Waals surface area contributed by atoms with Gasteiger partial charge in [0.25, 0.3) is 5.91 Å². The standard InChI is InChI=1S/C26H31N3O4S/c1-18-16-29(17-19(2)33-18)34(31,32)22-9-7-21(8-10-22)26(30)28-13-11-20(12-14-28)24-15-27-25-6-4-3-5-23(24)25/h3-10,15,18-20,27H,11-14,16-17H2,1-2H3. The Morgan fingerprint density at radius 2 is 1.62 bits per heavy atom. The van der Waals surface area contributed by atoms with Crippen LogP contribution < -0.4 is 0 Å². The molecule has 8 heteroatoms. The van der Waals surface area contributed by atoms with Crippen molar-refractivity contribution in [3.8, 4) is 0 Å². The molecule has 34 heavy (non-hydrogen) atoms. The first kappa shape index (κ1) is 23.1. The molecule has 1 N–H and O–H groups in total. The number of hydrogen-bond acceptors (Lipinski definition) is 4. The number of aromatic nitrogens is 1. The maximum atomic E-state index is 13.1. The summed E-state index contributed by atoms with van der Waals surface area (Å²) in [4.78, 5) is 18.5. The summed E-state index contributed by atoms with van der Waals surface area (Å²) in [6.07, 6.45) is 3.63. The van der Waals surface area contributed by atoms with Crippen LogP contribution in [0.5, 0.6) is 0 Å². The number of morpholine rings is 1. The maximum absolute atomic E-state index is 13.1. The van der Waals surface area contributed by atoms with E-state index < -0.39 is 10.0 Å². The largest absolute Gasteiger partial charge is 0.373 e. The van der Waals surface area contributed by atoms with Crippen molar-refractivity contribution in [2.24, 2.45) is 0 Å². The van der Waals surface area contributed by atoms with Gasteiger partial charge in [-0.05, 0) is 68.5 Å². The SMILES string of the molecule is CC1CN(S(=O)(=O)c2ccc(C(=O)N3CCC(c4c[nH]c5ccccc45)CC3)cc2)CC(C)O1. The van der Waals surface area contributed by atoms with Crippen molar-refractivity contribution in [2.75, 3.05) is 26.2 Å². The van der Waals surface area contributed by atoms with E-state index in [9.17, 15) is 13.2 Å². The van der Waals surface area contributed by atoms with Gasteiger partial charge in [0, 0.05) is 48.8 Å². The number of H-pyrrole nitrogens is 1. The zero-order valence-corrected chi connectivity index (χ0v) is 20.4. The average Bonchev–Trinajstić information content (AvgIpc) is 3.27. The second kappa shape index (κ2) is 9.17. The lowest BCUT2D eigenvalue weighted by Crippen LogP contribution is -2.48. The molecule has 0 aliphatic carbocycles. The molecule has 5 rings (SSSR count). The molecule has 0 spiro atoms. The predicted octanol–water partition coefficient (Wildman–Crippen LogP) is 3.99. The van der Waals surface area contributed by atoms with E-state index in [1.165, 1.54) is 15.3 Å². The summed E-state index contributed by atoms with van der Waals surface area (Å²) in [5.41, 5.74) is 2.99. The molecule has 3 aromatic rings. The number of rotatable bonds is 4. The van der Waals surface area contributed by atoms with Crippen LogP contribution in [0.3, 0.4) is 0 Å². The summed E-state index contributed by atoms with van der Waals surface area (Å²) in [5, 5.41) is 1.26. The van der Waals surface area contributed by atoms with Gasteiger partial charge in [-0.1, -0.05) is 18.2 Å². The fourth-order valence-corrected chi connectivity index (χ4v) is 6.84. The highest BCUT2D eigenvalue weighted by Crippen LogP contribution is 2.33. The van der Waals surface area contributed by atoms with Crippen molar-refractivity contribution < 1.29 is 17.9 Å². The van der Waals surface area contributed by atoms with Crippen molar-refractivity contribution in [1.29, 1.82) is 0 Å². The summed E-state index contributed by atoms with van der Waals surface area (Å²) in [5.74, 6) is 0.376. The number of nitrogens with zero attached hydrogens (tertiary/aromatic N) is 2. The molecule has 2 aliphatic rings. The molecule has 0 bridgehead atoms. The third-order valence-electron chi connectivity index (χ3n) is 6.97. The minimum atomic E-state index is -3.62. The van der Waals surface area contributed by atoms with Gasteiger partial charge in [-0.3, -0.25) is 4.79 Å². The number of carbonyl (C=O) groups excluding carboxylic acids is 1. The fraction of sp³-hybridized carbons (Fsp3) is 0.423. The van der Waals surface area contributed by atoms with Gasteiger partial charge in [0.05, 0.1) is 17.1 Å². The molecule has 1 amide bonds. The molecule has 3 heterocycles. The van der Waals surface area contributed by atoms with Gasteiger partial charge in [0.2, 0.25) is 10.0 Å². The van der Waals surface area contributed by atoms with Gasteiger partial charge in [-0.25, -0.2) is 8.42 Å². The second-order valence-corrected chi connectivity index (χ2v) is 11.4. The third-order valence-corrected chi connectivity index (χ3v) is 8.81. The number of likely N-dealkylation sites (tertiary alicyclic amines) is 1. The zero-order valence-electron chi connectivity index (χ0n) is 19.6. The maximum Gasteiger partial charge on any atom is 0.253 e. The topological polar surface area (TPSA) is 82.7 Å². The first-order chi connectivity index (χ1) is 16.3. The number of fused-ring (bicyclic) bond motifs is 1. The van der Waals surface area contributed by atoms with E-state index in [1.807, 2.05) is 24.8 Å². The Balaban J connectivity index is 1.24. The Labute approximate surface area is 200 Å². The van der Waals surface area contributed by atoms with E-state index in [1.54, 1.807) is 24.3 Å². The van der Waals surface area contributed by atoms with Gasteiger partial charge >= 0.3 is 0 Å². The fourth-order valence-electron chi connectivity index (χ4n) is 5.25. The molecular weight excluding hydrogens is 450 g/mol. The summed E-state index contributed by atoms with van der Waals surface area (Å²) >= 11 is 0. The average molecular weight is 482 g/mol. The Morgan fingerprint density at radius 1 is 0.971 bits per heavy atom. The number of benzene rings is 2. The molecule has 0 saturated carbocycles. The first-order valence-corrected chi connectivity index (χ1v) is 13.4. The van der Waals surface area contributed by atoms with Crippen molar-refractivity contribution in [2.45, 2.75) is 49.7 Å². The minimum absolute atomic E-state index is 0.0464. The van der Waals surface area contributed by atoms with Crippen LogP contribution in [-0.4, -0.2) is 66.9 Å². The molecule has 180 valence electrons. The zero-order chi connectivity index (χ0) is 23.9. The summed E-state index contributed by atoms with van der Waals surface area (Å²) in [6, 6.07) is 14.7. The van der Waals surface area contributed by atoms with Crippen LogP contribution in [0.15, 0.2) is 59.6 Å². The molecule has 2 aromatic carbocycles. The van der Waals surface area contributed by atoms with E-state index in [0.717, 1.165) is 18.4 Å². The number of ether oxygens (including phenoxy) is 1. The van der Waals surface area contributed by atoms with Crippen LogP contribution >= 0.6 is 0 Å². The molecule has 2 saturated heterocycles. The van der Waals surface area contributed by atoms with Gasteiger partial charge < -0.3 is 14.6 Å². The van der Waals surface area contributed by atoms with Gasteiger partial charge in [-0.15, -0.1) is 0 Å². The number of amides is 1. The van der Waals surface area contributed by atoms with E-state index in [4.69, 9.17) is 4.74 Å². The van der Waals surface area contributed by atoms with Crippen LogP contribution in [0.4, 0.5) is 0 Å². The summed E-state index contributed by atoms with van der Waals surface area (Å²) in [6.45, 7) is 5.79. The van der Waals surface area contributed by atoms with Crippen LogP contribution in [0.1, 0.15) is 48.5 Å². The van der Waals surface area contributed by atoms with Crippen LogP contribution in [0.2, 0.25) is 0 Å². The number of para-hydroxylation sites is 1. The van der Waals surface area contributed by atoms with Gasteiger partial charge in [0.15, 0.2) is 0 Å². The quantitative estimate of drug-likeness (QED) is 0.611. The highest BCUT2D eigenvalue weighted by molar-refractivity contribution is 7.89. The first-order valence-electron chi connectivity index (χ1n) is 11.9. The van der Waals surface area contributed by atoms with Gasteiger partial charge in [0.1, 0.15) is 0 Å². The number of nitrogens with one attached hydrogen (secondary N) is 1. The lowest BCUT2D eigenvalue weighted by molar-refractivity contribution is -0.0440. The van der Waals surface area contributed by atoms with Crippen LogP contribution in [-0.2, 0) is 14.8 Å². The number of piperidine rings is 1. The highest BCUT2D eigenvalue weighted by Gasteiger charge is 2.32. The number of aromatic amines is 1. The third kappa shape index (κ3) is 4.37. The van der Waals surface area contributed by atoms with Crippen LogP contribution in [0, 0.1) is 0 Å². The molecule has 7 nitrogen and oxygen atoms in total. The Bertz CT molecular complexity index is 1270. The monoisotopic (exact) mass is 481 g/mol. The molecule has 2 fully saturated rings. The van der Waals surface area contributed by atoms with Gasteiger partial charge in [-0.2, -0.15) is 4.31 Å². The number of carbonyl (C=O) groups is 1. The van der Waals surface area contributed by atoms with E-state index >= 15 is 0 Å². The van der Waals surface area contributed by atoms with Crippen molar-refractivity contribution >= 4 is 26.8 Å². The van der Waals surface area contributed by atoms with Crippen LogP contribution in [0.25, 0.3) is 10.9 Å². The molecule has 2 unspecified atom stereocenters. The molecular formula is C26H31N3O4S.